The van der Waals surface area contributed by atoms with E-state index in [1.54, 1.807) is 6.07 Å². The largest absolute Gasteiger partial charge is 0.490 e. The Labute approximate surface area is 147 Å². The van der Waals surface area contributed by atoms with Gasteiger partial charge in [-0.1, -0.05) is 18.2 Å². The number of hydrogen-bond donors (Lipinski definition) is 0. The van der Waals surface area contributed by atoms with Crippen LogP contribution in [0.1, 0.15) is 30.6 Å². The zero-order valence-electron chi connectivity index (χ0n) is 14.5. The third kappa shape index (κ3) is 4.69. The van der Waals surface area contributed by atoms with Crippen molar-refractivity contribution in [2.24, 2.45) is 5.92 Å². The molecule has 0 N–H and O–H groups in total. The molecule has 0 aliphatic carbocycles. The van der Waals surface area contributed by atoms with E-state index in [2.05, 4.69) is 4.90 Å². The average molecular weight is 345 g/mol. The quantitative estimate of drug-likeness (QED) is 0.802. The van der Waals surface area contributed by atoms with E-state index in [-0.39, 0.29) is 17.0 Å². The van der Waals surface area contributed by atoms with Crippen LogP contribution in [0.5, 0.6) is 5.75 Å². The van der Waals surface area contributed by atoms with E-state index in [1.807, 2.05) is 12.1 Å². The molecule has 0 bridgehead atoms. The number of nitrogens with zero attached hydrogens (tertiary/aromatic N) is 1. The highest BCUT2D eigenvalue weighted by molar-refractivity contribution is 5.18. The van der Waals surface area contributed by atoms with E-state index in [9.17, 15) is 9.18 Å². The molecule has 1 aliphatic heterocycles. The van der Waals surface area contributed by atoms with Gasteiger partial charge < -0.3 is 9.15 Å². The van der Waals surface area contributed by atoms with Crippen LogP contribution >= 0.6 is 0 Å². The smallest absolute Gasteiger partial charge is 0.227 e. The van der Waals surface area contributed by atoms with Crippen molar-refractivity contribution < 1.29 is 13.5 Å². The number of likely N-dealkylation sites (tertiary alicyclic amines) is 1. The number of hydrogen-bond acceptors (Lipinski definition) is 4. The Morgan fingerprint density at radius 1 is 1.36 bits per heavy atom. The van der Waals surface area contributed by atoms with Gasteiger partial charge in [0.2, 0.25) is 11.2 Å². The van der Waals surface area contributed by atoms with Crippen LogP contribution in [-0.4, -0.2) is 25.1 Å². The molecule has 4 nitrogen and oxygen atoms in total. The van der Waals surface area contributed by atoms with Crippen LogP contribution < -0.4 is 10.2 Å². The highest BCUT2D eigenvalue weighted by Crippen LogP contribution is 2.23. The molecule has 134 valence electrons. The van der Waals surface area contributed by atoms with Gasteiger partial charge in [-0.25, -0.2) is 4.39 Å². The Hall–Kier alpha value is -2.14. The van der Waals surface area contributed by atoms with Gasteiger partial charge in [-0.2, -0.15) is 0 Å². The van der Waals surface area contributed by atoms with Gasteiger partial charge in [-0.05, 0) is 49.8 Å². The van der Waals surface area contributed by atoms with Crippen molar-refractivity contribution in [1.29, 1.82) is 0 Å². The number of halogens is 1. The van der Waals surface area contributed by atoms with Crippen LogP contribution in [0.15, 0.2) is 45.8 Å². The molecule has 0 spiro atoms. The van der Waals surface area contributed by atoms with Crippen LogP contribution in [0.2, 0.25) is 0 Å². The Morgan fingerprint density at radius 2 is 2.20 bits per heavy atom. The number of benzene rings is 1. The molecule has 1 unspecified atom stereocenters. The molecule has 5 heteroatoms. The van der Waals surface area contributed by atoms with Gasteiger partial charge in [0.05, 0.1) is 13.7 Å². The second kappa shape index (κ2) is 8.30. The molecule has 1 aromatic heterocycles. The van der Waals surface area contributed by atoms with Gasteiger partial charge >= 0.3 is 0 Å². The van der Waals surface area contributed by atoms with Crippen LogP contribution in [-0.2, 0) is 13.0 Å². The normalized spacial score (nSPS) is 18.2. The lowest BCUT2D eigenvalue weighted by atomic mass is 9.91. The van der Waals surface area contributed by atoms with E-state index in [1.165, 1.54) is 25.5 Å². The number of piperidine rings is 1. The van der Waals surface area contributed by atoms with E-state index < -0.39 is 0 Å². The van der Waals surface area contributed by atoms with Crippen molar-refractivity contribution in [3.8, 4) is 5.75 Å². The summed E-state index contributed by atoms with van der Waals surface area (Å²) in [5.41, 5.74) is 0.637. The maximum Gasteiger partial charge on any atom is 0.227 e. The monoisotopic (exact) mass is 345 g/mol. The molecule has 1 atom stereocenters. The van der Waals surface area contributed by atoms with Crippen molar-refractivity contribution >= 4 is 0 Å². The third-order valence-corrected chi connectivity index (χ3v) is 4.83. The summed E-state index contributed by atoms with van der Waals surface area (Å²) in [6.07, 6.45) is 5.39. The first kappa shape index (κ1) is 17.7. The summed E-state index contributed by atoms with van der Waals surface area (Å²) in [4.78, 5) is 14.1. The first-order chi connectivity index (χ1) is 12.2. The summed E-state index contributed by atoms with van der Waals surface area (Å²) in [7, 11) is 1.46. The van der Waals surface area contributed by atoms with Crippen LogP contribution in [0.4, 0.5) is 4.39 Å². The van der Waals surface area contributed by atoms with Gasteiger partial charge in [0, 0.05) is 12.6 Å². The van der Waals surface area contributed by atoms with Gasteiger partial charge in [-0.3, -0.25) is 9.69 Å². The maximum absolute atomic E-state index is 13.7. The Balaban J connectivity index is 1.55. The van der Waals surface area contributed by atoms with Crippen molar-refractivity contribution in [3.63, 3.8) is 0 Å². The van der Waals surface area contributed by atoms with E-state index in [0.29, 0.717) is 18.2 Å². The molecule has 0 saturated carbocycles. The predicted molar refractivity (Wildman–Crippen MR) is 94.3 cm³/mol. The minimum Gasteiger partial charge on any atom is -0.490 e. The number of ether oxygens (including phenoxy) is 1. The van der Waals surface area contributed by atoms with E-state index in [0.717, 1.165) is 44.3 Å². The molecule has 1 saturated heterocycles. The molecule has 0 radical (unpaired) electrons. The molecule has 0 amide bonds. The van der Waals surface area contributed by atoms with Crippen LogP contribution in [0.25, 0.3) is 0 Å². The first-order valence-corrected chi connectivity index (χ1v) is 8.77. The van der Waals surface area contributed by atoms with Crippen molar-refractivity contribution in [1.82, 2.24) is 4.90 Å². The Morgan fingerprint density at radius 3 is 2.96 bits per heavy atom. The Bertz CT molecular complexity index is 759. The van der Waals surface area contributed by atoms with E-state index >= 15 is 0 Å². The SMILES string of the molecule is COc1coc(CN2CCCC(CCc3ccccc3F)C2)cc1=O. The second-order valence-electron chi connectivity index (χ2n) is 6.65. The van der Waals surface area contributed by atoms with Crippen LogP contribution in [0.3, 0.4) is 0 Å². The van der Waals surface area contributed by atoms with Gasteiger partial charge in [0.15, 0.2) is 0 Å². The summed E-state index contributed by atoms with van der Waals surface area (Å²) in [5.74, 6) is 1.30. The molecule has 3 rings (SSSR count). The van der Waals surface area contributed by atoms with Crippen molar-refractivity contribution in [2.75, 3.05) is 20.2 Å². The zero-order chi connectivity index (χ0) is 17.6. The summed E-state index contributed by atoms with van der Waals surface area (Å²) in [5, 5.41) is 0. The number of rotatable bonds is 6. The highest BCUT2D eigenvalue weighted by atomic mass is 19.1. The van der Waals surface area contributed by atoms with Gasteiger partial charge in [0.1, 0.15) is 17.8 Å². The lowest BCUT2D eigenvalue weighted by Crippen LogP contribution is -2.35. The number of methoxy groups -OCH3 is 1. The molecular weight excluding hydrogens is 321 g/mol. The van der Waals surface area contributed by atoms with Crippen LogP contribution in [0, 0.1) is 11.7 Å². The summed E-state index contributed by atoms with van der Waals surface area (Å²) < 4.78 is 24.2. The molecule has 25 heavy (non-hydrogen) atoms. The average Bonchev–Trinajstić information content (AvgIpc) is 2.62. The van der Waals surface area contributed by atoms with Gasteiger partial charge in [0.25, 0.3) is 0 Å². The predicted octanol–water partition coefficient (Wildman–Crippen LogP) is 3.63. The minimum atomic E-state index is -0.156. The molecular formula is C20H24FNO3. The minimum absolute atomic E-state index is 0.116. The highest BCUT2D eigenvalue weighted by Gasteiger charge is 2.21. The lowest BCUT2D eigenvalue weighted by molar-refractivity contribution is 0.150. The maximum atomic E-state index is 13.7. The summed E-state index contributed by atoms with van der Waals surface area (Å²) in [6, 6.07) is 8.50. The molecule has 2 heterocycles. The standard InChI is InChI=1S/C20H24FNO3/c1-24-20-14-25-17(11-19(20)23)13-22-10-4-5-15(12-22)8-9-16-6-2-3-7-18(16)21/h2-3,6-7,11,14-15H,4-5,8-10,12-13H2,1H3. The fourth-order valence-electron chi connectivity index (χ4n) is 3.48. The number of aryl methyl sites for hydroxylation is 1. The topological polar surface area (TPSA) is 42.7 Å². The van der Waals surface area contributed by atoms with E-state index in [4.69, 9.17) is 9.15 Å². The summed E-state index contributed by atoms with van der Waals surface area (Å²) >= 11 is 0. The Kier molecular flexibility index (Phi) is 5.87. The first-order valence-electron chi connectivity index (χ1n) is 8.77. The van der Waals surface area contributed by atoms with Gasteiger partial charge in [-0.15, -0.1) is 0 Å². The second-order valence-corrected chi connectivity index (χ2v) is 6.65. The molecule has 1 fully saturated rings. The summed E-state index contributed by atoms with van der Waals surface area (Å²) in [6.45, 7) is 2.56. The molecule has 1 aromatic carbocycles. The lowest BCUT2D eigenvalue weighted by Gasteiger charge is -2.32. The fraction of sp³-hybridized carbons (Fsp3) is 0.450. The third-order valence-electron chi connectivity index (χ3n) is 4.83. The van der Waals surface area contributed by atoms with Crippen molar-refractivity contribution in [2.45, 2.75) is 32.2 Å². The molecule has 2 aromatic rings. The molecule has 1 aliphatic rings. The fourth-order valence-corrected chi connectivity index (χ4v) is 3.48. The zero-order valence-corrected chi connectivity index (χ0v) is 14.5. The van der Waals surface area contributed by atoms with Crippen molar-refractivity contribution in [3.05, 3.63) is 64.0 Å².